The molecule has 2 fully saturated rings. The smallest absolute Gasteiger partial charge is 0.222 e. The number of carbonyl (C=O) groups is 1. The first-order valence-electron chi connectivity index (χ1n) is 7.08. The molecule has 0 N–H and O–H groups in total. The maximum atomic E-state index is 12.2. The second-order valence-corrected chi connectivity index (χ2v) is 5.73. The Morgan fingerprint density at radius 1 is 1.29 bits per heavy atom. The van der Waals surface area contributed by atoms with Crippen LogP contribution in [0, 0.1) is 5.92 Å². The van der Waals surface area contributed by atoms with Crippen LogP contribution in [0.15, 0.2) is 0 Å². The first-order valence-corrected chi connectivity index (χ1v) is 7.08. The average molecular weight is 239 g/mol. The van der Waals surface area contributed by atoms with Gasteiger partial charge in [-0.1, -0.05) is 25.7 Å². The molecule has 1 saturated carbocycles. The Kier molecular flexibility index (Phi) is 4.43. The molecule has 0 aromatic carbocycles. The molecule has 3 heteroatoms. The summed E-state index contributed by atoms with van der Waals surface area (Å²) in [6, 6.07) is 0.252. The molecule has 1 heterocycles. The van der Waals surface area contributed by atoms with Crippen molar-refractivity contribution in [2.45, 2.75) is 64.5 Å². The third kappa shape index (κ3) is 3.44. The molecule has 0 aromatic rings. The van der Waals surface area contributed by atoms with E-state index in [1.54, 1.807) is 0 Å². The molecule has 1 saturated heterocycles. The van der Waals surface area contributed by atoms with E-state index in [4.69, 9.17) is 4.74 Å². The lowest BCUT2D eigenvalue weighted by molar-refractivity contribution is -0.143. The standard InChI is InChI=1S/C14H25NO2/c1-11-10-17-12(2)9-15(11)14(16)8-7-13-5-3-4-6-13/h11-13H,3-10H2,1-2H3. The number of hydrogen-bond acceptors (Lipinski definition) is 2. The van der Waals surface area contributed by atoms with Gasteiger partial charge in [0.15, 0.2) is 0 Å². The number of ether oxygens (including phenoxy) is 1. The van der Waals surface area contributed by atoms with Crippen LogP contribution in [-0.2, 0) is 9.53 Å². The van der Waals surface area contributed by atoms with E-state index in [0.717, 1.165) is 25.3 Å². The van der Waals surface area contributed by atoms with Crippen LogP contribution < -0.4 is 0 Å². The number of carbonyl (C=O) groups excluding carboxylic acids is 1. The van der Waals surface area contributed by atoms with Crippen LogP contribution in [0.25, 0.3) is 0 Å². The molecule has 98 valence electrons. The van der Waals surface area contributed by atoms with Crippen molar-refractivity contribution >= 4 is 5.91 Å². The van der Waals surface area contributed by atoms with E-state index in [9.17, 15) is 4.79 Å². The fourth-order valence-electron chi connectivity index (χ4n) is 3.02. The summed E-state index contributed by atoms with van der Waals surface area (Å²) in [5.74, 6) is 1.15. The second kappa shape index (κ2) is 5.85. The van der Waals surface area contributed by atoms with Crippen molar-refractivity contribution in [3.63, 3.8) is 0 Å². The summed E-state index contributed by atoms with van der Waals surface area (Å²) in [4.78, 5) is 14.2. The molecule has 0 radical (unpaired) electrons. The van der Waals surface area contributed by atoms with Gasteiger partial charge in [-0.15, -0.1) is 0 Å². The van der Waals surface area contributed by atoms with Gasteiger partial charge in [-0.3, -0.25) is 4.79 Å². The highest BCUT2D eigenvalue weighted by molar-refractivity contribution is 5.76. The van der Waals surface area contributed by atoms with Gasteiger partial charge in [-0.05, 0) is 26.2 Å². The lowest BCUT2D eigenvalue weighted by atomic mass is 10.0. The Morgan fingerprint density at radius 3 is 2.71 bits per heavy atom. The maximum Gasteiger partial charge on any atom is 0.222 e. The molecule has 2 atom stereocenters. The van der Waals surface area contributed by atoms with Crippen LogP contribution in [0.3, 0.4) is 0 Å². The topological polar surface area (TPSA) is 29.5 Å². The van der Waals surface area contributed by atoms with E-state index >= 15 is 0 Å². The third-order valence-electron chi connectivity index (χ3n) is 4.17. The number of amides is 1. The predicted molar refractivity (Wildman–Crippen MR) is 67.8 cm³/mol. The monoisotopic (exact) mass is 239 g/mol. The first-order chi connectivity index (χ1) is 8.16. The van der Waals surface area contributed by atoms with Crippen molar-refractivity contribution in [1.29, 1.82) is 0 Å². The van der Waals surface area contributed by atoms with E-state index in [-0.39, 0.29) is 12.1 Å². The Bertz CT molecular complexity index is 261. The van der Waals surface area contributed by atoms with Gasteiger partial charge in [-0.2, -0.15) is 0 Å². The number of hydrogen-bond donors (Lipinski definition) is 0. The molecule has 0 aromatic heterocycles. The van der Waals surface area contributed by atoms with E-state index in [1.165, 1.54) is 25.7 Å². The Hall–Kier alpha value is -0.570. The van der Waals surface area contributed by atoms with Gasteiger partial charge < -0.3 is 9.64 Å². The molecule has 1 aliphatic heterocycles. The molecule has 0 spiro atoms. The fraction of sp³-hybridized carbons (Fsp3) is 0.929. The summed E-state index contributed by atoms with van der Waals surface area (Å²) in [5.41, 5.74) is 0. The first kappa shape index (κ1) is 12.9. The summed E-state index contributed by atoms with van der Waals surface area (Å²) in [7, 11) is 0. The molecular weight excluding hydrogens is 214 g/mol. The molecule has 2 unspecified atom stereocenters. The highest BCUT2D eigenvalue weighted by Gasteiger charge is 2.27. The number of rotatable bonds is 3. The van der Waals surface area contributed by atoms with Gasteiger partial charge in [0.05, 0.1) is 18.8 Å². The van der Waals surface area contributed by atoms with Gasteiger partial charge >= 0.3 is 0 Å². The summed E-state index contributed by atoms with van der Waals surface area (Å²) in [6.45, 7) is 5.59. The van der Waals surface area contributed by atoms with Crippen molar-refractivity contribution in [3.05, 3.63) is 0 Å². The van der Waals surface area contributed by atoms with Gasteiger partial charge in [0.2, 0.25) is 5.91 Å². The summed E-state index contributed by atoms with van der Waals surface area (Å²) < 4.78 is 5.55. The molecule has 2 aliphatic rings. The van der Waals surface area contributed by atoms with Crippen molar-refractivity contribution in [2.24, 2.45) is 5.92 Å². The minimum absolute atomic E-state index is 0.196. The summed E-state index contributed by atoms with van der Waals surface area (Å²) in [5, 5.41) is 0. The van der Waals surface area contributed by atoms with Crippen molar-refractivity contribution in [1.82, 2.24) is 4.90 Å². The van der Waals surface area contributed by atoms with E-state index in [1.807, 2.05) is 11.8 Å². The van der Waals surface area contributed by atoms with E-state index in [2.05, 4.69) is 6.92 Å². The highest BCUT2D eigenvalue weighted by atomic mass is 16.5. The zero-order chi connectivity index (χ0) is 12.3. The minimum Gasteiger partial charge on any atom is -0.375 e. The molecule has 0 bridgehead atoms. The highest BCUT2D eigenvalue weighted by Crippen LogP contribution is 2.29. The lowest BCUT2D eigenvalue weighted by Crippen LogP contribution is -2.50. The molecule has 1 amide bonds. The minimum atomic E-state index is 0.196. The van der Waals surface area contributed by atoms with Crippen LogP contribution in [0.4, 0.5) is 0 Å². The molecule has 17 heavy (non-hydrogen) atoms. The molecule has 2 rings (SSSR count). The second-order valence-electron chi connectivity index (χ2n) is 5.73. The Balaban J connectivity index is 1.77. The predicted octanol–water partition coefficient (Wildman–Crippen LogP) is 2.59. The lowest BCUT2D eigenvalue weighted by Gasteiger charge is -2.37. The molecule has 1 aliphatic carbocycles. The maximum absolute atomic E-state index is 12.2. The van der Waals surface area contributed by atoms with Crippen LogP contribution in [0.1, 0.15) is 52.4 Å². The van der Waals surface area contributed by atoms with Crippen LogP contribution >= 0.6 is 0 Å². The SMILES string of the molecule is CC1CN(C(=O)CCC2CCCC2)C(C)CO1. The van der Waals surface area contributed by atoms with Crippen LogP contribution in [0.2, 0.25) is 0 Å². The third-order valence-corrected chi connectivity index (χ3v) is 4.17. The molecule has 3 nitrogen and oxygen atoms in total. The normalized spacial score (nSPS) is 30.8. The van der Waals surface area contributed by atoms with Crippen LogP contribution in [-0.4, -0.2) is 36.1 Å². The average Bonchev–Trinajstić information content (AvgIpc) is 2.82. The Morgan fingerprint density at radius 2 is 2.00 bits per heavy atom. The van der Waals surface area contributed by atoms with Crippen molar-refractivity contribution in [3.8, 4) is 0 Å². The van der Waals surface area contributed by atoms with Crippen molar-refractivity contribution < 1.29 is 9.53 Å². The Labute approximate surface area is 105 Å². The quantitative estimate of drug-likeness (QED) is 0.757. The number of nitrogens with zero attached hydrogens (tertiary/aromatic N) is 1. The van der Waals surface area contributed by atoms with Gasteiger partial charge in [0.1, 0.15) is 0 Å². The molecular formula is C14H25NO2. The number of morpholine rings is 1. The largest absolute Gasteiger partial charge is 0.375 e. The summed E-state index contributed by atoms with van der Waals surface area (Å²) in [6.07, 6.45) is 7.43. The van der Waals surface area contributed by atoms with Gasteiger partial charge in [-0.25, -0.2) is 0 Å². The zero-order valence-corrected chi connectivity index (χ0v) is 11.2. The fourth-order valence-corrected chi connectivity index (χ4v) is 3.02. The van der Waals surface area contributed by atoms with Gasteiger partial charge in [0, 0.05) is 13.0 Å². The van der Waals surface area contributed by atoms with Gasteiger partial charge in [0.25, 0.3) is 0 Å². The van der Waals surface area contributed by atoms with Crippen molar-refractivity contribution in [2.75, 3.05) is 13.2 Å². The summed E-state index contributed by atoms with van der Waals surface area (Å²) >= 11 is 0. The van der Waals surface area contributed by atoms with Crippen LogP contribution in [0.5, 0.6) is 0 Å². The van der Waals surface area contributed by atoms with E-state index < -0.39 is 0 Å². The zero-order valence-electron chi connectivity index (χ0n) is 11.2. The van der Waals surface area contributed by atoms with E-state index in [0.29, 0.717) is 12.5 Å².